The van der Waals surface area contributed by atoms with Crippen LogP contribution in [0.15, 0.2) is 30.4 Å². The molecule has 1 aliphatic carbocycles. The van der Waals surface area contributed by atoms with Crippen LogP contribution in [0.3, 0.4) is 0 Å². The summed E-state index contributed by atoms with van der Waals surface area (Å²) in [6, 6.07) is 5.91. The molecule has 0 radical (unpaired) electrons. The number of carbonyl (C=O) groups is 1. The first kappa shape index (κ1) is 13.7. The summed E-state index contributed by atoms with van der Waals surface area (Å²) in [5.41, 5.74) is 3.11. The van der Waals surface area contributed by atoms with Crippen LogP contribution in [0.25, 0.3) is 0 Å². The van der Waals surface area contributed by atoms with E-state index >= 15 is 0 Å². The molecule has 3 nitrogen and oxygen atoms in total. The van der Waals surface area contributed by atoms with Gasteiger partial charge in [0.15, 0.2) is 0 Å². The maximum Gasteiger partial charge on any atom is 0.319 e. The van der Waals surface area contributed by atoms with Crippen molar-refractivity contribution in [3.63, 3.8) is 0 Å². The van der Waals surface area contributed by atoms with Gasteiger partial charge < -0.3 is 10.6 Å². The van der Waals surface area contributed by atoms with Gasteiger partial charge in [0.05, 0.1) is 0 Å². The van der Waals surface area contributed by atoms with Gasteiger partial charge in [-0.2, -0.15) is 0 Å². The largest absolute Gasteiger partial charge is 0.338 e. The van der Waals surface area contributed by atoms with Crippen molar-refractivity contribution in [2.45, 2.75) is 33.1 Å². The van der Waals surface area contributed by atoms with Gasteiger partial charge in [0, 0.05) is 12.2 Å². The number of para-hydroxylation sites is 1. The Labute approximate surface area is 115 Å². The number of rotatable bonds is 3. The van der Waals surface area contributed by atoms with Crippen molar-refractivity contribution in [3.05, 3.63) is 41.5 Å². The lowest BCUT2D eigenvalue weighted by molar-refractivity contribution is 0.249. The van der Waals surface area contributed by atoms with Crippen molar-refractivity contribution in [2.75, 3.05) is 11.9 Å². The summed E-state index contributed by atoms with van der Waals surface area (Å²) in [4.78, 5) is 11.9. The predicted octanol–water partition coefficient (Wildman–Crippen LogP) is 3.78. The van der Waals surface area contributed by atoms with Crippen LogP contribution in [0, 0.1) is 19.8 Å². The average Bonchev–Trinajstić information content (AvgIpc) is 2.42. The fourth-order valence-electron chi connectivity index (χ4n) is 2.45. The molecular formula is C16H22N2O. The molecule has 3 heteroatoms. The molecule has 2 N–H and O–H groups in total. The van der Waals surface area contributed by atoms with Crippen molar-refractivity contribution in [2.24, 2.45) is 5.92 Å². The summed E-state index contributed by atoms with van der Waals surface area (Å²) in [6.07, 6.45) is 7.79. The van der Waals surface area contributed by atoms with Crippen molar-refractivity contribution in [3.8, 4) is 0 Å². The smallest absolute Gasteiger partial charge is 0.319 e. The highest BCUT2D eigenvalue weighted by Crippen LogP contribution is 2.20. The molecule has 0 heterocycles. The van der Waals surface area contributed by atoms with Gasteiger partial charge in [-0.1, -0.05) is 30.4 Å². The number of nitrogens with one attached hydrogen (secondary N) is 2. The van der Waals surface area contributed by atoms with Crippen LogP contribution < -0.4 is 10.6 Å². The predicted molar refractivity (Wildman–Crippen MR) is 79.4 cm³/mol. The van der Waals surface area contributed by atoms with E-state index in [0.29, 0.717) is 5.92 Å². The fraction of sp³-hybridized carbons (Fsp3) is 0.438. The lowest BCUT2D eigenvalue weighted by Gasteiger charge is -2.19. The summed E-state index contributed by atoms with van der Waals surface area (Å²) in [5, 5.41) is 5.92. The monoisotopic (exact) mass is 258 g/mol. The van der Waals surface area contributed by atoms with E-state index in [2.05, 4.69) is 22.8 Å². The Kier molecular flexibility index (Phi) is 4.61. The Bertz CT molecular complexity index is 459. The Morgan fingerprint density at radius 2 is 2.00 bits per heavy atom. The number of amides is 2. The summed E-state index contributed by atoms with van der Waals surface area (Å²) in [7, 11) is 0. The first-order valence-corrected chi connectivity index (χ1v) is 6.93. The third-order valence-corrected chi connectivity index (χ3v) is 3.65. The van der Waals surface area contributed by atoms with Crippen molar-refractivity contribution in [1.29, 1.82) is 0 Å². The van der Waals surface area contributed by atoms with Crippen LogP contribution >= 0.6 is 0 Å². The summed E-state index contributed by atoms with van der Waals surface area (Å²) >= 11 is 0. The lowest BCUT2D eigenvalue weighted by atomic mass is 9.94. The van der Waals surface area contributed by atoms with E-state index in [1.165, 1.54) is 6.42 Å². The van der Waals surface area contributed by atoms with Crippen LogP contribution in [0.1, 0.15) is 30.4 Å². The number of hydrogen-bond donors (Lipinski definition) is 2. The van der Waals surface area contributed by atoms with Gasteiger partial charge in [-0.05, 0) is 50.2 Å². The minimum Gasteiger partial charge on any atom is -0.338 e. The second-order valence-electron chi connectivity index (χ2n) is 5.25. The number of benzene rings is 1. The third kappa shape index (κ3) is 3.85. The molecule has 2 rings (SSSR count). The highest BCUT2D eigenvalue weighted by Gasteiger charge is 2.12. The van der Waals surface area contributed by atoms with Crippen LogP contribution in [-0.2, 0) is 0 Å². The zero-order valence-corrected chi connectivity index (χ0v) is 11.7. The SMILES string of the molecule is Cc1cccc(C)c1NC(=O)NCC1CC=CCC1. The number of hydrogen-bond acceptors (Lipinski definition) is 1. The molecule has 0 saturated heterocycles. The maximum atomic E-state index is 11.9. The minimum atomic E-state index is -0.105. The van der Waals surface area contributed by atoms with Crippen LogP contribution in [0.5, 0.6) is 0 Å². The molecule has 0 fully saturated rings. The summed E-state index contributed by atoms with van der Waals surface area (Å²) in [5.74, 6) is 0.578. The van der Waals surface area contributed by atoms with Crippen LogP contribution in [0.4, 0.5) is 10.5 Å². The third-order valence-electron chi connectivity index (χ3n) is 3.65. The second kappa shape index (κ2) is 6.41. The van der Waals surface area contributed by atoms with Crippen LogP contribution in [0.2, 0.25) is 0 Å². The highest BCUT2D eigenvalue weighted by atomic mass is 16.2. The molecule has 0 saturated carbocycles. The number of allylic oxidation sites excluding steroid dienone is 2. The zero-order valence-electron chi connectivity index (χ0n) is 11.7. The van der Waals surface area contributed by atoms with Gasteiger partial charge >= 0.3 is 6.03 Å². The van der Waals surface area contributed by atoms with E-state index in [1.807, 2.05) is 32.0 Å². The standard InChI is InChI=1S/C16H22N2O/c1-12-7-6-8-13(2)15(12)18-16(19)17-11-14-9-4-3-5-10-14/h3-4,6-8,14H,5,9-11H2,1-2H3,(H2,17,18,19). The second-order valence-corrected chi connectivity index (χ2v) is 5.25. The van der Waals surface area contributed by atoms with E-state index in [-0.39, 0.29) is 6.03 Å². The number of urea groups is 1. The molecule has 1 aromatic rings. The summed E-state index contributed by atoms with van der Waals surface area (Å²) < 4.78 is 0. The highest BCUT2D eigenvalue weighted by molar-refractivity contribution is 5.90. The number of anilines is 1. The summed E-state index contributed by atoms with van der Waals surface area (Å²) in [6.45, 7) is 4.77. The molecule has 102 valence electrons. The van der Waals surface area contributed by atoms with E-state index in [0.717, 1.165) is 36.2 Å². The molecule has 1 atom stereocenters. The van der Waals surface area contributed by atoms with Crippen molar-refractivity contribution < 1.29 is 4.79 Å². The number of aryl methyl sites for hydroxylation is 2. The Morgan fingerprint density at radius 1 is 1.26 bits per heavy atom. The average molecular weight is 258 g/mol. The Balaban J connectivity index is 1.85. The molecule has 1 unspecified atom stereocenters. The minimum absolute atomic E-state index is 0.105. The quantitative estimate of drug-likeness (QED) is 0.796. The van der Waals surface area contributed by atoms with Gasteiger partial charge in [0.25, 0.3) is 0 Å². The molecule has 1 aromatic carbocycles. The normalized spacial score (nSPS) is 18.1. The van der Waals surface area contributed by atoms with Gasteiger partial charge in [0.2, 0.25) is 0 Å². The van der Waals surface area contributed by atoms with Gasteiger partial charge in [-0.15, -0.1) is 0 Å². The van der Waals surface area contributed by atoms with E-state index in [1.54, 1.807) is 0 Å². The maximum absolute atomic E-state index is 11.9. The molecule has 1 aliphatic rings. The molecule has 0 bridgehead atoms. The Morgan fingerprint density at radius 3 is 2.63 bits per heavy atom. The van der Waals surface area contributed by atoms with E-state index in [4.69, 9.17) is 0 Å². The molecule has 0 aromatic heterocycles. The van der Waals surface area contributed by atoms with Gasteiger partial charge in [-0.25, -0.2) is 4.79 Å². The topological polar surface area (TPSA) is 41.1 Å². The molecular weight excluding hydrogens is 236 g/mol. The van der Waals surface area contributed by atoms with Gasteiger partial charge in [-0.3, -0.25) is 0 Å². The van der Waals surface area contributed by atoms with Gasteiger partial charge in [0.1, 0.15) is 0 Å². The van der Waals surface area contributed by atoms with Crippen LogP contribution in [-0.4, -0.2) is 12.6 Å². The molecule has 2 amide bonds. The molecule has 0 aliphatic heterocycles. The zero-order chi connectivity index (χ0) is 13.7. The first-order valence-electron chi connectivity index (χ1n) is 6.93. The molecule has 0 spiro atoms. The van der Waals surface area contributed by atoms with E-state index in [9.17, 15) is 4.79 Å². The Hall–Kier alpha value is -1.77. The lowest BCUT2D eigenvalue weighted by Crippen LogP contribution is -2.33. The van der Waals surface area contributed by atoms with Crippen molar-refractivity contribution >= 4 is 11.7 Å². The molecule has 19 heavy (non-hydrogen) atoms. The fourth-order valence-corrected chi connectivity index (χ4v) is 2.45. The number of carbonyl (C=O) groups excluding carboxylic acids is 1. The first-order chi connectivity index (χ1) is 9.16. The van der Waals surface area contributed by atoms with Crippen molar-refractivity contribution in [1.82, 2.24) is 5.32 Å². The van der Waals surface area contributed by atoms with E-state index < -0.39 is 0 Å².